The first-order chi connectivity index (χ1) is 9.69. The largest absolute Gasteiger partial charge is 0.356 e. The molecular weight excluding hydrogens is 248 g/mol. The topological polar surface area (TPSA) is 55.1 Å². The van der Waals surface area contributed by atoms with Crippen molar-refractivity contribution in [1.82, 2.24) is 5.32 Å². The van der Waals surface area contributed by atoms with Crippen molar-refractivity contribution in [2.24, 2.45) is 29.4 Å². The highest BCUT2D eigenvalue weighted by Gasteiger charge is 2.26. The van der Waals surface area contributed by atoms with Gasteiger partial charge in [-0.3, -0.25) is 4.79 Å². The van der Waals surface area contributed by atoms with E-state index in [1.165, 1.54) is 44.9 Å². The average Bonchev–Trinajstić information content (AvgIpc) is 2.49. The van der Waals surface area contributed by atoms with Crippen molar-refractivity contribution in [2.75, 3.05) is 13.1 Å². The van der Waals surface area contributed by atoms with Crippen molar-refractivity contribution in [3.05, 3.63) is 0 Å². The second-order valence-corrected chi connectivity index (χ2v) is 7.17. The van der Waals surface area contributed by atoms with Crippen LogP contribution in [-0.4, -0.2) is 19.0 Å². The molecule has 0 saturated heterocycles. The first-order valence-corrected chi connectivity index (χ1v) is 8.66. The summed E-state index contributed by atoms with van der Waals surface area (Å²) in [6, 6.07) is 0. The van der Waals surface area contributed by atoms with Crippen LogP contribution in [0.2, 0.25) is 0 Å². The second kappa shape index (κ2) is 8.02. The van der Waals surface area contributed by atoms with Gasteiger partial charge in [0.05, 0.1) is 0 Å². The molecule has 0 aromatic carbocycles. The fraction of sp³-hybridized carbons (Fsp3) is 0.941. The number of amides is 1. The van der Waals surface area contributed by atoms with Crippen molar-refractivity contribution < 1.29 is 4.79 Å². The molecule has 2 atom stereocenters. The van der Waals surface area contributed by atoms with Gasteiger partial charge < -0.3 is 11.1 Å². The van der Waals surface area contributed by atoms with Gasteiger partial charge in [0.25, 0.3) is 0 Å². The molecule has 3 heteroatoms. The third-order valence-electron chi connectivity index (χ3n) is 5.47. The number of nitrogens with two attached hydrogens (primary N) is 1. The minimum Gasteiger partial charge on any atom is -0.356 e. The monoisotopic (exact) mass is 280 g/mol. The van der Waals surface area contributed by atoms with E-state index < -0.39 is 0 Å². The number of hydrogen-bond donors (Lipinski definition) is 2. The summed E-state index contributed by atoms with van der Waals surface area (Å²) >= 11 is 0. The molecule has 3 N–H and O–H groups in total. The third kappa shape index (κ3) is 4.76. The molecular formula is C17H32N2O. The normalized spacial score (nSPS) is 34.7. The summed E-state index contributed by atoms with van der Waals surface area (Å²) in [7, 11) is 0. The van der Waals surface area contributed by atoms with E-state index in [1.54, 1.807) is 0 Å². The van der Waals surface area contributed by atoms with E-state index in [0.29, 0.717) is 5.92 Å². The van der Waals surface area contributed by atoms with E-state index in [-0.39, 0.29) is 11.8 Å². The van der Waals surface area contributed by atoms with E-state index in [1.807, 2.05) is 0 Å². The zero-order valence-corrected chi connectivity index (χ0v) is 13.1. The minimum absolute atomic E-state index is 0.226. The predicted octanol–water partition coefficient (Wildman–Crippen LogP) is 3.08. The Labute approximate surface area is 124 Å². The summed E-state index contributed by atoms with van der Waals surface area (Å²) in [5.74, 6) is 2.83. The SMILES string of the molecule is CC1CCC(CCNC(=O)C2CCCC(CN)C2)CC1. The Balaban J connectivity index is 1.62. The van der Waals surface area contributed by atoms with Gasteiger partial charge in [-0.15, -0.1) is 0 Å². The standard InChI is InChI=1S/C17H32N2O/c1-13-5-7-14(8-6-13)9-10-19-17(20)16-4-2-3-15(11-16)12-18/h13-16H,2-12,18H2,1H3,(H,19,20). The van der Waals surface area contributed by atoms with Crippen LogP contribution in [0.15, 0.2) is 0 Å². The zero-order chi connectivity index (χ0) is 14.4. The van der Waals surface area contributed by atoms with Crippen molar-refractivity contribution in [1.29, 1.82) is 0 Å². The van der Waals surface area contributed by atoms with Gasteiger partial charge in [0.15, 0.2) is 0 Å². The lowest BCUT2D eigenvalue weighted by Crippen LogP contribution is -2.36. The molecule has 20 heavy (non-hydrogen) atoms. The van der Waals surface area contributed by atoms with Gasteiger partial charge in [-0.25, -0.2) is 0 Å². The molecule has 2 aliphatic carbocycles. The molecule has 2 fully saturated rings. The molecule has 0 bridgehead atoms. The lowest BCUT2D eigenvalue weighted by Gasteiger charge is -2.28. The summed E-state index contributed by atoms with van der Waals surface area (Å²) in [5, 5.41) is 3.18. The quantitative estimate of drug-likeness (QED) is 0.813. The zero-order valence-electron chi connectivity index (χ0n) is 13.1. The molecule has 0 aliphatic heterocycles. The summed E-state index contributed by atoms with van der Waals surface area (Å²) in [4.78, 5) is 12.2. The summed E-state index contributed by atoms with van der Waals surface area (Å²) in [6.45, 7) is 3.97. The van der Waals surface area contributed by atoms with Crippen molar-refractivity contribution in [2.45, 2.75) is 64.7 Å². The van der Waals surface area contributed by atoms with E-state index >= 15 is 0 Å². The number of rotatable bonds is 5. The number of hydrogen-bond acceptors (Lipinski definition) is 2. The Morgan fingerprint density at radius 1 is 1.10 bits per heavy atom. The van der Waals surface area contributed by atoms with Crippen LogP contribution in [0.3, 0.4) is 0 Å². The maximum absolute atomic E-state index is 12.2. The van der Waals surface area contributed by atoms with Gasteiger partial charge in [0, 0.05) is 12.5 Å². The second-order valence-electron chi connectivity index (χ2n) is 7.17. The average molecular weight is 280 g/mol. The smallest absolute Gasteiger partial charge is 0.223 e. The third-order valence-corrected chi connectivity index (χ3v) is 5.47. The lowest BCUT2D eigenvalue weighted by molar-refractivity contribution is -0.126. The van der Waals surface area contributed by atoms with Crippen molar-refractivity contribution in [3.8, 4) is 0 Å². The first kappa shape index (κ1) is 15.8. The molecule has 0 aromatic rings. The van der Waals surface area contributed by atoms with Crippen LogP contribution in [0.1, 0.15) is 64.7 Å². The van der Waals surface area contributed by atoms with Crippen LogP contribution in [0.5, 0.6) is 0 Å². The van der Waals surface area contributed by atoms with Crippen LogP contribution in [0, 0.1) is 23.7 Å². The highest BCUT2D eigenvalue weighted by atomic mass is 16.1. The molecule has 0 aromatic heterocycles. The molecule has 0 spiro atoms. The van der Waals surface area contributed by atoms with Gasteiger partial charge in [0.1, 0.15) is 0 Å². The Kier molecular flexibility index (Phi) is 6.34. The van der Waals surface area contributed by atoms with Crippen LogP contribution in [0.25, 0.3) is 0 Å². The molecule has 116 valence electrons. The fourth-order valence-electron chi connectivity index (χ4n) is 3.90. The lowest BCUT2D eigenvalue weighted by atomic mass is 9.80. The Hall–Kier alpha value is -0.570. The maximum atomic E-state index is 12.2. The summed E-state index contributed by atoms with van der Waals surface area (Å²) in [5.41, 5.74) is 5.74. The Morgan fingerprint density at radius 2 is 1.85 bits per heavy atom. The summed E-state index contributed by atoms with van der Waals surface area (Å²) in [6.07, 6.45) is 11.1. The Bertz CT molecular complexity index is 297. The van der Waals surface area contributed by atoms with Crippen LogP contribution < -0.4 is 11.1 Å². The highest BCUT2D eigenvalue weighted by Crippen LogP contribution is 2.30. The van der Waals surface area contributed by atoms with Gasteiger partial charge in [0.2, 0.25) is 5.91 Å². The highest BCUT2D eigenvalue weighted by molar-refractivity contribution is 5.78. The van der Waals surface area contributed by atoms with Gasteiger partial charge in [-0.2, -0.15) is 0 Å². The summed E-state index contributed by atoms with van der Waals surface area (Å²) < 4.78 is 0. The molecule has 1 amide bonds. The van der Waals surface area contributed by atoms with Gasteiger partial charge in [-0.1, -0.05) is 39.0 Å². The first-order valence-electron chi connectivity index (χ1n) is 8.66. The Morgan fingerprint density at radius 3 is 2.55 bits per heavy atom. The number of carbonyl (C=O) groups excluding carboxylic acids is 1. The van der Waals surface area contributed by atoms with Crippen LogP contribution >= 0.6 is 0 Å². The van der Waals surface area contributed by atoms with Gasteiger partial charge in [-0.05, 0) is 50.0 Å². The van der Waals surface area contributed by atoms with E-state index in [4.69, 9.17) is 5.73 Å². The molecule has 2 unspecified atom stereocenters. The minimum atomic E-state index is 0.226. The maximum Gasteiger partial charge on any atom is 0.223 e. The molecule has 2 saturated carbocycles. The van der Waals surface area contributed by atoms with Crippen molar-refractivity contribution >= 4 is 5.91 Å². The fourth-order valence-corrected chi connectivity index (χ4v) is 3.90. The molecule has 2 aliphatic rings. The van der Waals surface area contributed by atoms with E-state index in [0.717, 1.165) is 37.8 Å². The number of nitrogens with one attached hydrogen (secondary N) is 1. The van der Waals surface area contributed by atoms with Crippen LogP contribution in [-0.2, 0) is 4.79 Å². The van der Waals surface area contributed by atoms with E-state index in [2.05, 4.69) is 12.2 Å². The molecule has 0 radical (unpaired) electrons. The van der Waals surface area contributed by atoms with E-state index in [9.17, 15) is 4.79 Å². The molecule has 3 nitrogen and oxygen atoms in total. The molecule has 0 heterocycles. The predicted molar refractivity (Wildman–Crippen MR) is 83.3 cm³/mol. The van der Waals surface area contributed by atoms with Gasteiger partial charge >= 0.3 is 0 Å². The number of carbonyl (C=O) groups is 1. The van der Waals surface area contributed by atoms with Crippen molar-refractivity contribution in [3.63, 3.8) is 0 Å². The van der Waals surface area contributed by atoms with Crippen LogP contribution in [0.4, 0.5) is 0 Å². The molecule has 2 rings (SSSR count).